The third kappa shape index (κ3) is 3.88. The Morgan fingerprint density at radius 2 is 1.97 bits per heavy atom. The summed E-state index contributed by atoms with van der Waals surface area (Å²) in [4.78, 5) is 25.2. The zero-order valence-electron chi connectivity index (χ0n) is 19.5. The number of benzene rings is 1. The smallest absolute Gasteiger partial charge is 0.176 e. The Morgan fingerprint density at radius 1 is 1.06 bits per heavy atom. The quantitative estimate of drug-likeness (QED) is 0.467. The molecule has 1 aromatic carbocycles. The van der Waals surface area contributed by atoms with Crippen molar-refractivity contribution in [3.63, 3.8) is 0 Å². The average molecular weight is 494 g/mol. The number of anilines is 1. The minimum atomic E-state index is -0.325. The van der Waals surface area contributed by atoms with E-state index >= 15 is 4.39 Å². The summed E-state index contributed by atoms with van der Waals surface area (Å²) in [5, 5.41) is 1.83. The highest BCUT2D eigenvalue weighted by atomic mass is 32.1. The second-order valence-electron chi connectivity index (χ2n) is 9.66. The van der Waals surface area contributed by atoms with Crippen molar-refractivity contribution in [1.82, 2.24) is 29.7 Å². The zero-order valence-corrected chi connectivity index (χ0v) is 20.4. The van der Waals surface area contributed by atoms with Crippen molar-refractivity contribution in [2.24, 2.45) is 0 Å². The highest BCUT2D eigenvalue weighted by molar-refractivity contribution is 7.19. The van der Waals surface area contributed by atoms with Crippen LogP contribution in [0.5, 0.6) is 0 Å². The topological polar surface area (TPSA) is 73.4 Å². The molecule has 0 aliphatic carbocycles. The van der Waals surface area contributed by atoms with Gasteiger partial charge in [-0.2, -0.15) is 0 Å². The number of ether oxygens (including phenoxy) is 1. The van der Waals surface area contributed by atoms with Crippen LogP contribution in [-0.4, -0.2) is 88.3 Å². The maximum absolute atomic E-state index is 15.1. The number of morpholine rings is 1. The van der Waals surface area contributed by atoms with Gasteiger partial charge in [0.1, 0.15) is 15.5 Å². The molecule has 7 rings (SSSR count). The molecule has 6 heterocycles. The van der Waals surface area contributed by atoms with Crippen LogP contribution < -0.4 is 4.90 Å². The number of aromatic nitrogens is 4. The number of nitrogens with one attached hydrogen (secondary N) is 1. The molecule has 3 aliphatic rings. The lowest BCUT2D eigenvalue weighted by Crippen LogP contribution is -2.49. The van der Waals surface area contributed by atoms with E-state index < -0.39 is 0 Å². The number of nitrogens with zero attached hydrogens (tertiary/aromatic N) is 6. The molecule has 10 heteroatoms. The minimum absolute atomic E-state index is 0.325. The Balaban J connectivity index is 1.30. The third-order valence-electron chi connectivity index (χ3n) is 7.53. The molecule has 0 saturated carbocycles. The molecule has 1 N–H and O–H groups in total. The van der Waals surface area contributed by atoms with Crippen molar-refractivity contribution < 1.29 is 9.13 Å². The van der Waals surface area contributed by atoms with E-state index in [-0.39, 0.29) is 5.82 Å². The minimum Gasteiger partial charge on any atom is -0.378 e. The van der Waals surface area contributed by atoms with Crippen LogP contribution in [0, 0.1) is 5.82 Å². The Hall–Kier alpha value is -2.66. The van der Waals surface area contributed by atoms with E-state index in [4.69, 9.17) is 19.7 Å². The van der Waals surface area contributed by atoms with Crippen molar-refractivity contribution in [1.29, 1.82) is 0 Å². The van der Waals surface area contributed by atoms with E-state index in [1.54, 1.807) is 17.4 Å². The molecule has 182 valence electrons. The molecule has 3 aliphatic heterocycles. The number of rotatable bonds is 4. The number of fused-ring (bicyclic) bond motifs is 3. The lowest BCUT2D eigenvalue weighted by atomic mass is 10.1. The van der Waals surface area contributed by atoms with Crippen molar-refractivity contribution in [2.45, 2.75) is 25.4 Å². The third-order valence-corrected chi connectivity index (χ3v) is 8.55. The van der Waals surface area contributed by atoms with Gasteiger partial charge in [0.25, 0.3) is 0 Å². The fourth-order valence-electron chi connectivity index (χ4n) is 5.75. The molecule has 0 radical (unpaired) electrons. The summed E-state index contributed by atoms with van der Waals surface area (Å²) in [6.07, 6.45) is 4.42. The number of H-pyrrole nitrogens is 1. The standard InChI is InChI=1S/C25H28FN7OS/c26-18-3-4-19-17(5-6-27-19)21(18)23-29-24-22(25(30-23)33-10-12-34-13-11-33)35-20(28-24)15-31-8-9-32-7-1-2-16(32)14-31/h3-6,16,27H,1-2,7-15H2. The van der Waals surface area contributed by atoms with E-state index in [9.17, 15) is 0 Å². The molecule has 0 spiro atoms. The maximum atomic E-state index is 15.1. The average Bonchev–Trinajstić information content (AvgIpc) is 3.63. The van der Waals surface area contributed by atoms with Gasteiger partial charge in [0, 0.05) is 55.9 Å². The summed E-state index contributed by atoms with van der Waals surface area (Å²) in [7, 11) is 0. The molecule has 4 aromatic rings. The lowest BCUT2D eigenvalue weighted by Gasteiger charge is -2.37. The van der Waals surface area contributed by atoms with Gasteiger partial charge in [-0.05, 0) is 37.6 Å². The number of thiazole rings is 1. The van der Waals surface area contributed by atoms with Gasteiger partial charge in [0.2, 0.25) is 0 Å². The van der Waals surface area contributed by atoms with Crippen LogP contribution >= 0.6 is 11.3 Å². The highest BCUT2D eigenvalue weighted by Gasteiger charge is 2.31. The van der Waals surface area contributed by atoms with Crippen molar-refractivity contribution in [3.8, 4) is 11.4 Å². The number of aromatic amines is 1. The van der Waals surface area contributed by atoms with Crippen molar-refractivity contribution in [3.05, 3.63) is 35.2 Å². The molecule has 3 fully saturated rings. The summed E-state index contributed by atoms with van der Waals surface area (Å²) in [6, 6.07) is 5.79. The van der Waals surface area contributed by atoms with E-state index in [0.29, 0.717) is 36.3 Å². The summed E-state index contributed by atoms with van der Waals surface area (Å²) in [5.41, 5.74) is 1.94. The van der Waals surface area contributed by atoms with Gasteiger partial charge < -0.3 is 14.6 Å². The Kier molecular flexibility index (Phi) is 5.42. The van der Waals surface area contributed by atoms with Crippen LogP contribution in [0.15, 0.2) is 24.4 Å². The lowest BCUT2D eigenvalue weighted by molar-refractivity contribution is 0.0993. The molecular formula is C25H28FN7OS. The first kappa shape index (κ1) is 21.6. The second-order valence-corrected chi connectivity index (χ2v) is 10.7. The number of halogens is 1. The van der Waals surface area contributed by atoms with Gasteiger partial charge in [0.15, 0.2) is 17.3 Å². The summed E-state index contributed by atoms with van der Waals surface area (Å²) >= 11 is 1.68. The zero-order chi connectivity index (χ0) is 23.4. The second kappa shape index (κ2) is 8.77. The van der Waals surface area contributed by atoms with E-state index in [1.165, 1.54) is 25.5 Å². The first-order valence-electron chi connectivity index (χ1n) is 12.5. The largest absolute Gasteiger partial charge is 0.378 e. The van der Waals surface area contributed by atoms with Gasteiger partial charge in [-0.1, -0.05) is 0 Å². The van der Waals surface area contributed by atoms with Crippen molar-refractivity contribution >= 4 is 38.4 Å². The highest BCUT2D eigenvalue weighted by Crippen LogP contribution is 2.36. The van der Waals surface area contributed by atoms with Crippen LogP contribution in [0.3, 0.4) is 0 Å². The van der Waals surface area contributed by atoms with Gasteiger partial charge >= 0.3 is 0 Å². The van der Waals surface area contributed by atoms with Crippen LogP contribution in [0.25, 0.3) is 32.6 Å². The van der Waals surface area contributed by atoms with E-state index in [1.807, 2.05) is 12.3 Å². The molecule has 1 atom stereocenters. The number of hydrogen-bond donors (Lipinski definition) is 1. The Bertz CT molecular complexity index is 1380. The van der Waals surface area contributed by atoms with E-state index in [0.717, 1.165) is 65.7 Å². The van der Waals surface area contributed by atoms with Crippen LogP contribution in [0.4, 0.5) is 10.2 Å². The summed E-state index contributed by atoms with van der Waals surface area (Å²) in [5.74, 6) is 0.900. The molecule has 1 unspecified atom stereocenters. The van der Waals surface area contributed by atoms with Crippen molar-refractivity contribution in [2.75, 3.05) is 57.4 Å². The summed E-state index contributed by atoms with van der Waals surface area (Å²) in [6.45, 7) is 8.18. The molecule has 0 bridgehead atoms. The van der Waals surface area contributed by atoms with Crippen LogP contribution in [-0.2, 0) is 11.3 Å². The van der Waals surface area contributed by atoms with Gasteiger partial charge in [-0.25, -0.2) is 19.3 Å². The fourth-order valence-corrected chi connectivity index (χ4v) is 6.81. The molecular weight excluding hydrogens is 465 g/mol. The molecule has 3 aromatic heterocycles. The number of hydrogen-bond acceptors (Lipinski definition) is 8. The Morgan fingerprint density at radius 3 is 2.89 bits per heavy atom. The van der Waals surface area contributed by atoms with Gasteiger partial charge in [0.05, 0.1) is 25.3 Å². The molecule has 35 heavy (non-hydrogen) atoms. The van der Waals surface area contributed by atoms with Crippen LogP contribution in [0.2, 0.25) is 0 Å². The first-order valence-corrected chi connectivity index (χ1v) is 13.3. The predicted octanol–water partition coefficient (Wildman–Crippen LogP) is 3.49. The van der Waals surface area contributed by atoms with Gasteiger partial charge in [-0.15, -0.1) is 11.3 Å². The van der Waals surface area contributed by atoms with Crippen LogP contribution in [0.1, 0.15) is 17.8 Å². The molecule has 0 amide bonds. The monoisotopic (exact) mass is 493 g/mol. The maximum Gasteiger partial charge on any atom is 0.176 e. The number of piperazine rings is 1. The SMILES string of the molecule is Fc1ccc2[nH]ccc2c1-c1nc(N2CCOCC2)c2sc(CN3CCN4CCCC4C3)nc2n1. The molecule has 8 nitrogen and oxygen atoms in total. The normalized spacial score (nSPS) is 21.9. The Labute approximate surface area is 206 Å². The van der Waals surface area contributed by atoms with Gasteiger partial charge in [-0.3, -0.25) is 9.80 Å². The fraction of sp³-hybridized carbons (Fsp3) is 0.480. The van der Waals surface area contributed by atoms with E-state index in [2.05, 4.69) is 19.7 Å². The first-order chi connectivity index (χ1) is 17.2. The summed E-state index contributed by atoms with van der Waals surface area (Å²) < 4.78 is 21.7. The predicted molar refractivity (Wildman–Crippen MR) is 135 cm³/mol. The molecule has 3 saturated heterocycles.